The van der Waals surface area contributed by atoms with E-state index in [4.69, 9.17) is 10.5 Å². The van der Waals surface area contributed by atoms with Crippen LogP contribution in [0.15, 0.2) is 42.9 Å². The van der Waals surface area contributed by atoms with Crippen molar-refractivity contribution in [3.05, 3.63) is 54.1 Å². The molecule has 0 aliphatic rings. The Bertz CT molecular complexity index is 884. The molecule has 0 saturated carbocycles. The number of hydrogen-bond donors (Lipinski definition) is 1. The van der Waals surface area contributed by atoms with Gasteiger partial charge < -0.3 is 10.5 Å². The van der Waals surface area contributed by atoms with E-state index < -0.39 is 11.9 Å². The number of carbonyl (C=O) groups is 2. The van der Waals surface area contributed by atoms with E-state index in [-0.39, 0.29) is 5.69 Å². The zero-order chi connectivity index (χ0) is 16.4. The number of amides is 1. The summed E-state index contributed by atoms with van der Waals surface area (Å²) in [6.07, 6.45) is 4.83. The van der Waals surface area contributed by atoms with Gasteiger partial charge in [-0.2, -0.15) is 0 Å². The normalized spacial score (nSPS) is 10.7. The molecule has 0 spiro atoms. The lowest BCUT2D eigenvalue weighted by Crippen LogP contribution is -2.13. The van der Waals surface area contributed by atoms with Crippen molar-refractivity contribution in [1.82, 2.24) is 14.5 Å². The molecule has 3 aromatic heterocycles. The van der Waals surface area contributed by atoms with Crippen LogP contribution in [0.1, 0.15) is 27.8 Å². The molecule has 3 aromatic rings. The molecule has 0 aromatic carbocycles. The van der Waals surface area contributed by atoms with Gasteiger partial charge in [0.2, 0.25) is 0 Å². The summed E-state index contributed by atoms with van der Waals surface area (Å²) in [6.45, 7) is 2.07. The second kappa shape index (κ2) is 5.88. The third-order valence-corrected chi connectivity index (χ3v) is 3.32. The predicted molar refractivity (Wildman–Crippen MR) is 83.3 cm³/mol. The number of nitrogens with zero attached hydrogens (tertiary/aromatic N) is 3. The van der Waals surface area contributed by atoms with E-state index in [1.54, 1.807) is 31.3 Å². The van der Waals surface area contributed by atoms with E-state index >= 15 is 0 Å². The number of fused-ring (bicyclic) bond motifs is 1. The molecule has 7 nitrogen and oxygen atoms in total. The van der Waals surface area contributed by atoms with Crippen LogP contribution in [-0.2, 0) is 4.74 Å². The van der Waals surface area contributed by atoms with Gasteiger partial charge in [-0.05, 0) is 31.2 Å². The summed E-state index contributed by atoms with van der Waals surface area (Å²) in [4.78, 5) is 31.1. The highest BCUT2D eigenvalue weighted by Gasteiger charge is 2.11. The van der Waals surface area contributed by atoms with Gasteiger partial charge in [0.25, 0.3) is 5.91 Å². The fourth-order valence-corrected chi connectivity index (χ4v) is 2.23. The van der Waals surface area contributed by atoms with Crippen LogP contribution < -0.4 is 5.73 Å². The Morgan fingerprint density at radius 2 is 2.04 bits per heavy atom. The van der Waals surface area contributed by atoms with Crippen LogP contribution >= 0.6 is 0 Å². The number of pyridine rings is 2. The Morgan fingerprint density at radius 1 is 1.22 bits per heavy atom. The molecule has 0 fully saturated rings. The topological polar surface area (TPSA) is 100 Å². The third-order valence-electron chi connectivity index (χ3n) is 3.32. The van der Waals surface area contributed by atoms with Crippen molar-refractivity contribution in [3.8, 4) is 5.69 Å². The van der Waals surface area contributed by atoms with E-state index in [0.29, 0.717) is 17.8 Å². The Morgan fingerprint density at radius 3 is 2.70 bits per heavy atom. The molecule has 3 rings (SSSR count). The zero-order valence-corrected chi connectivity index (χ0v) is 12.4. The highest BCUT2D eigenvalue weighted by Crippen LogP contribution is 2.19. The molecular weight excluding hydrogens is 296 g/mol. The van der Waals surface area contributed by atoms with Gasteiger partial charge in [-0.1, -0.05) is 0 Å². The number of carbonyl (C=O) groups excluding carboxylic acids is 2. The minimum Gasteiger partial charge on any atom is -0.462 e. The summed E-state index contributed by atoms with van der Waals surface area (Å²) in [5.74, 6) is -0.978. The fourth-order valence-electron chi connectivity index (χ4n) is 2.23. The number of ether oxygens (including phenoxy) is 1. The average molecular weight is 310 g/mol. The standard InChI is InChI=1S/C16H14N4O3/c1-2-23-16(22)11-7-10-5-6-20(15(10)19-8-11)12-3-4-13(14(17)21)18-9-12/h3-9H,2H2,1H3,(H2,17,21). The SMILES string of the molecule is CCOC(=O)c1cnc2c(ccn2-c2ccc(C(N)=O)nc2)c1. The van der Waals surface area contributed by atoms with Crippen molar-refractivity contribution in [2.45, 2.75) is 6.92 Å². The minimum atomic E-state index is -0.578. The first-order valence-electron chi connectivity index (χ1n) is 7.00. The number of nitrogens with two attached hydrogens (primary N) is 1. The second-order valence-electron chi connectivity index (χ2n) is 4.81. The van der Waals surface area contributed by atoms with Crippen LogP contribution in [0.2, 0.25) is 0 Å². The number of aromatic nitrogens is 3. The number of esters is 1. The molecule has 3 heterocycles. The van der Waals surface area contributed by atoms with Crippen LogP contribution in [0.25, 0.3) is 16.7 Å². The molecule has 2 N–H and O–H groups in total. The van der Waals surface area contributed by atoms with Gasteiger partial charge in [-0.3, -0.25) is 9.36 Å². The Hall–Kier alpha value is -3.22. The summed E-state index contributed by atoms with van der Waals surface area (Å²) in [5, 5.41) is 0.800. The molecule has 0 bridgehead atoms. The van der Waals surface area contributed by atoms with E-state index in [9.17, 15) is 9.59 Å². The fraction of sp³-hybridized carbons (Fsp3) is 0.125. The van der Waals surface area contributed by atoms with Gasteiger partial charge in [0.05, 0.1) is 24.1 Å². The maximum absolute atomic E-state index is 11.7. The second-order valence-corrected chi connectivity index (χ2v) is 4.81. The van der Waals surface area contributed by atoms with E-state index in [0.717, 1.165) is 11.1 Å². The van der Waals surface area contributed by atoms with Gasteiger partial charge in [0.15, 0.2) is 0 Å². The quantitative estimate of drug-likeness (QED) is 0.739. The molecule has 0 saturated heterocycles. The molecule has 0 radical (unpaired) electrons. The van der Waals surface area contributed by atoms with Crippen LogP contribution in [-0.4, -0.2) is 33.0 Å². The van der Waals surface area contributed by atoms with Gasteiger partial charge in [-0.25, -0.2) is 14.8 Å². The van der Waals surface area contributed by atoms with Crippen molar-refractivity contribution in [3.63, 3.8) is 0 Å². The number of primary amides is 1. The lowest BCUT2D eigenvalue weighted by atomic mass is 10.2. The molecule has 0 aliphatic heterocycles. The molecule has 0 unspecified atom stereocenters. The molecule has 0 atom stereocenters. The van der Waals surface area contributed by atoms with Crippen molar-refractivity contribution >= 4 is 22.9 Å². The first-order valence-corrected chi connectivity index (χ1v) is 7.00. The summed E-state index contributed by atoms with van der Waals surface area (Å²) in [6, 6.07) is 6.85. The summed E-state index contributed by atoms with van der Waals surface area (Å²) < 4.78 is 6.77. The van der Waals surface area contributed by atoms with Crippen LogP contribution in [0.3, 0.4) is 0 Å². The van der Waals surface area contributed by atoms with Gasteiger partial charge in [0.1, 0.15) is 11.3 Å². The lowest BCUT2D eigenvalue weighted by molar-refractivity contribution is 0.0526. The first-order chi connectivity index (χ1) is 11.1. The summed E-state index contributed by atoms with van der Waals surface area (Å²) in [7, 11) is 0. The van der Waals surface area contributed by atoms with Crippen molar-refractivity contribution < 1.29 is 14.3 Å². The summed E-state index contributed by atoms with van der Waals surface area (Å²) >= 11 is 0. The molecular formula is C16H14N4O3. The van der Waals surface area contributed by atoms with E-state index in [2.05, 4.69) is 9.97 Å². The van der Waals surface area contributed by atoms with Crippen LogP contribution in [0.4, 0.5) is 0 Å². The van der Waals surface area contributed by atoms with E-state index in [1.165, 1.54) is 6.20 Å². The maximum atomic E-state index is 11.7. The van der Waals surface area contributed by atoms with Crippen molar-refractivity contribution in [2.24, 2.45) is 5.73 Å². The van der Waals surface area contributed by atoms with Crippen molar-refractivity contribution in [1.29, 1.82) is 0 Å². The molecule has 1 amide bonds. The molecule has 0 aliphatic carbocycles. The van der Waals surface area contributed by atoms with Crippen LogP contribution in [0.5, 0.6) is 0 Å². The Balaban J connectivity index is 1.99. The molecule has 7 heteroatoms. The average Bonchev–Trinajstić information content (AvgIpc) is 2.98. The monoisotopic (exact) mass is 310 g/mol. The minimum absolute atomic E-state index is 0.197. The smallest absolute Gasteiger partial charge is 0.339 e. The van der Waals surface area contributed by atoms with Gasteiger partial charge in [-0.15, -0.1) is 0 Å². The van der Waals surface area contributed by atoms with Gasteiger partial charge >= 0.3 is 5.97 Å². The predicted octanol–water partition coefficient (Wildman–Crippen LogP) is 1.70. The first kappa shape index (κ1) is 14.7. The van der Waals surface area contributed by atoms with Crippen LogP contribution in [0, 0.1) is 0 Å². The maximum Gasteiger partial charge on any atom is 0.339 e. The lowest BCUT2D eigenvalue weighted by Gasteiger charge is -2.06. The third kappa shape index (κ3) is 2.76. The van der Waals surface area contributed by atoms with Gasteiger partial charge in [0, 0.05) is 17.8 Å². The Labute approximate surface area is 131 Å². The van der Waals surface area contributed by atoms with Crippen molar-refractivity contribution in [2.75, 3.05) is 6.61 Å². The number of rotatable bonds is 4. The largest absolute Gasteiger partial charge is 0.462 e. The number of hydrogen-bond acceptors (Lipinski definition) is 5. The van der Waals surface area contributed by atoms with E-state index in [1.807, 2.05) is 16.8 Å². The summed E-state index contributed by atoms with van der Waals surface area (Å²) in [5.41, 5.74) is 7.19. The zero-order valence-electron chi connectivity index (χ0n) is 12.4. The molecule has 116 valence electrons. The molecule has 23 heavy (non-hydrogen) atoms. The highest BCUT2D eigenvalue weighted by molar-refractivity contribution is 5.93. The Kier molecular flexibility index (Phi) is 3.76. The highest BCUT2D eigenvalue weighted by atomic mass is 16.5.